The van der Waals surface area contributed by atoms with Crippen molar-refractivity contribution in [2.75, 3.05) is 4.90 Å². The van der Waals surface area contributed by atoms with Crippen LogP contribution in [0.5, 0.6) is 0 Å². The third-order valence-electron chi connectivity index (χ3n) is 11.5. The minimum atomic E-state index is 1.09. The number of hydrogen-bond acceptors (Lipinski definition) is 2. The van der Waals surface area contributed by atoms with Gasteiger partial charge >= 0.3 is 0 Å². The van der Waals surface area contributed by atoms with Crippen LogP contribution < -0.4 is 4.90 Å². The molecule has 0 radical (unpaired) electrons. The minimum Gasteiger partial charge on any atom is -0.310 e. The topological polar surface area (TPSA) is 3.24 Å². The van der Waals surface area contributed by atoms with Gasteiger partial charge in [-0.2, -0.15) is 0 Å². The van der Waals surface area contributed by atoms with Gasteiger partial charge in [0.15, 0.2) is 0 Å². The highest BCUT2D eigenvalue weighted by Gasteiger charge is 2.24. The van der Waals surface area contributed by atoms with Gasteiger partial charge in [0.2, 0.25) is 0 Å². The Kier molecular flexibility index (Phi) is 8.42. The second-order valence-electron chi connectivity index (χ2n) is 14.8. The molecule has 11 aromatic rings. The summed E-state index contributed by atoms with van der Waals surface area (Å²) in [6, 6.07) is 82.1. The summed E-state index contributed by atoms with van der Waals surface area (Å²) >= 11 is 1.87. The monoisotopic (exact) mass is 755 g/mol. The van der Waals surface area contributed by atoms with Crippen molar-refractivity contribution >= 4 is 70.1 Å². The van der Waals surface area contributed by atoms with E-state index in [0.29, 0.717) is 0 Å². The van der Waals surface area contributed by atoms with Gasteiger partial charge in [0.05, 0.1) is 5.69 Å². The minimum absolute atomic E-state index is 1.09. The maximum Gasteiger partial charge on any atom is 0.0546 e. The van der Waals surface area contributed by atoms with E-state index < -0.39 is 0 Å². The first-order valence-electron chi connectivity index (χ1n) is 19.8. The van der Waals surface area contributed by atoms with Crippen molar-refractivity contribution in [2.45, 2.75) is 0 Å². The first-order chi connectivity index (χ1) is 28.8. The molecule has 0 amide bonds. The lowest BCUT2D eigenvalue weighted by Gasteiger charge is -2.30. The van der Waals surface area contributed by atoms with E-state index in [4.69, 9.17) is 0 Å². The summed E-state index contributed by atoms with van der Waals surface area (Å²) in [5, 5.41) is 7.57. The van der Waals surface area contributed by atoms with E-state index in [-0.39, 0.29) is 0 Å². The van der Waals surface area contributed by atoms with E-state index in [1.807, 2.05) is 11.3 Å². The fraction of sp³-hybridized carbons (Fsp3) is 0. The molecular weight excluding hydrogens is 719 g/mol. The zero-order valence-corrected chi connectivity index (χ0v) is 32.5. The maximum absolute atomic E-state index is 2.46. The molecule has 10 aromatic carbocycles. The summed E-state index contributed by atoms with van der Waals surface area (Å²) in [6.45, 7) is 0. The number of fused-ring (bicyclic) bond motifs is 6. The Bertz CT molecular complexity index is 3170. The quantitative estimate of drug-likeness (QED) is 0.146. The van der Waals surface area contributed by atoms with Crippen molar-refractivity contribution in [1.82, 2.24) is 0 Å². The van der Waals surface area contributed by atoms with E-state index in [0.717, 1.165) is 17.1 Å². The van der Waals surface area contributed by atoms with Gasteiger partial charge in [-0.3, -0.25) is 0 Å². The molecule has 0 aliphatic rings. The molecule has 2 heteroatoms. The average molecular weight is 756 g/mol. The second kappa shape index (κ2) is 14.4. The van der Waals surface area contributed by atoms with Crippen molar-refractivity contribution in [3.05, 3.63) is 224 Å². The molecule has 0 saturated carbocycles. The fourth-order valence-electron chi connectivity index (χ4n) is 8.79. The maximum atomic E-state index is 2.46. The Balaban J connectivity index is 1.23. The first kappa shape index (κ1) is 34.0. The molecule has 11 rings (SSSR count). The molecule has 1 heterocycles. The molecule has 0 aliphatic heterocycles. The van der Waals surface area contributed by atoms with E-state index in [1.54, 1.807) is 0 Å². The standard InChI is InChI=1S/C56H37NS/c1-3-15-38(16-4-1)40-29-33-43(34-30-40)57(44-35-31-41(32-36-44)39-17-5-2-6-18-39)52-26-13-24-48(49-25-14-28-54-56(49)50-23-11-12-27-53(50)58-54)55(52)51-37-42-19-7-8-20-45(42)46-21-9-10-22-47(46)51/h1-37H. The molecule has 0 N–H and O–H groups in total. The Morgan fingerprint density at radius 1 is 0.310 bits per heavy atom. The molecule has 0 unspecified atom stereocenters. The summed E-state index contributed by atoms with van der Waals surface area (Å²) in [6.07, 6.45) is 0. The third kappa shape index (κ3) is 5.86. The normalized spacial score (nSPS) is 11.4. The Morgan fingerprint density at radius 2 is 0.810 bits per heavy atom. The molecule has 272 valence electrons. The zero-order chi connectivity index (χ0) is 38.4. The lowest BCUT2D eigenvalue weighted by molar-refractivity contribution is 1.28. The number of benzene rings is 10. The van der Waals surface area contributed by atoms with Crippen LogP contribution in [0.1, 0.15) is 0 Å². The number of thiophene rings is 1. The summed E-state index contributed by atoms with van der Waals surface area (Å²) in [7, 11) is 0. The van der Waals surface area contributed by atoms with Gasteiger partial charge in [-0.15, -0.1) is 11.3 Å². The van der Waals surface area contributed by atoms with Crippen LogP contribution in [0.15, 0.2) is 224 Å². The Hall–Kier alpha value is -7.26. The van der Waals surface area contributed by atoms with Gasteiger partial charge in [-0.25, -0.2) is 0 Å². The van der Waals surface area contributed by atoms with E-state index in [2.05, 4.69) is 229 Å². The lowest BCUT2D eigenvalue weighted by Crippen LogP contribution is -2.12. The van der Waals surface area contributed by atoms with Crippen LogP contribution in [0, 0.1) is 0 Å². The largest absolute Gasteiger partial charge is 0.310 e. The van der Waals surface area contributed by atoms with Crippen molar-refractivity contribution < 1.29 is 0 Å². The fourth-order valence-corrected chi connectivity index (χ4v) is 9.92. The third-order valence-corrected chi connectivity index (χ3v) is 12.6. The molecule has 0 fully saturated rings. The molecule has 0 spiro atoms. The molecule has 1 nitrogen and oxygen atoms in total. The van der Waals surface area contributed by atoms with Gasteiger partial charge in [-0.05, 0) is 109 Å². The number of rotatable bonds is 7. The highest BCUT2D eigenvalue weighted by Crippen LogP contribution is 2.51. The summed E-state index contributed by atoms with van der Waals surface area (Å²) in [4.78, 5) is 2.46. The molecule has 1 aromatic heterocycles. The zero-order valence-electron chi connectivity index (χ0n) is 31.7. The van der Waals surface area contributed by atoms with Gasteiger partial charge < -0.3 is 4.90 Å². The summed E-state index contributed by atoms with van der Waals surface area (Å²) < 4.78 is 2.60. The number of hydrogen-bond donors (Lipinski definition) is 0. The van der Waals surface area contributed by atoms with E-state index in [9.17, 15) is 0 Å². The molecule has 0 saturated heterocycles. The predicted molar refractivity (Wildman–Crippen MR) is 251 cm³/mol. The highest BCUT2D eigenvalue weighted by molar-refractivity contribution is 7.25. The van der Waals surface area contributed by atoms with Gasteiger partial charge in [0, 0.05) is 37.1 Å². The van der Waals surface area contributed by atoms with Crippen LogP contribution in [-0.4, -0.2) is 0 Å². The van der Waals surface area contributed by atoms with Gasteiger partial charge in [-0.1, -0.05) is 176 Å². The summed E-state index contributed by atoms with van der Waals surface area (Å²) in [5.74, 6) is 0. The van der Waals surface area contributed by atoms with Crippen LogP contribution in [0.3, 0.4) is 0 Å². The smallest absolute Gasteiger partial charge is 0.0546 e. The average Bonchev–Trinajstić information content (AvgIpc) is 3.69. The van der Waals surface area contributed by atoms with Crippen molar-refractivity contribution in [3.63, 3.8) is 0 Å². The predicted octanol–water partition coefficient (Wildman–Crippen LogP) is 16.5. The SMILES string of the molecule is c1ccc(-c2ccc(N(c3ccc(-c4ccccc4)cc3)c3cccc(-c4cccc5sc6ccccc6c45)c3-c3cc4ccccc4c4ccccc34)cc2)cc1. The second-order valence-corrected chi connectivity index (χ2v) is 15.9. The first-order valence-corrected chi connectivity index (χ1v) is 20.7. The van der Waals surface area contributed by atoms with Crippen LogP contribution in [-0.2, 0) is 0 Å². The van der Waals surface area contributed by atoms with Gasteiger partial charge in [0.25, 0.3) is 0 Å². The van der Waals surface area contributed by atoms with Crippen LogP contribution in [0.2, 0.25) is 0 Å². The van der Waals surface area contributed by atoms with Crippen molar-refractivity contribution in [2.24, 2.45) is 0 Å². The molecule has 0 bridgehead atoms. The van der Waals surface area contributed by atoms with Crippen LogP contribution in [0.4, 0.5) is 17.1 Å². The number of nitrogens with zero attached hydrogens (tertiary/aromatic N) is 1. The molecular formula is C56H37NS. The van der Waals surface area contributed by atoms with Crippen molar-refractivity contribution in [3.8, 4) is 44.5 Å². The van der Waals surface area contributed by atoms with Gasteiger partial charge in [0.1, 0.15) is 0 Å². The lowest BCUT2D eigenvalue weighted by atomic mass is 9.86. The van der Waals surface area contributed by atoms with Crippen molar-refractivity contribution in [1.29, 1.82) is 0 Å². The number of anilines is 3. The summed E-state index contributed by atoms with van der Waals surface area (Å²) in [5.41, 5.74) is 12.9. The molecule has 0 atom stereocenters. The van der Waals surface area contributed by atoms with Crippen LogP contribution in [0.25, 0.3) is 86.2 Å². The Labute approximate surface area is 342 Å². The molecule has 0 aliphatic carbocycles. The molecule has 58 heavy (non-hydrogen) atoms. The highest BCUT2D eigenvalue weighted by atomic mass is 32.1. The van der Waals surface area contributed by atoms with E-state index in [1.165, 1.54) is 86.2 Å². The van der Waals surface area contributed by atoms with E-state index >= 15 is 0 Å². The Morgan fingerprint density at radius 3 is 1.48 bits per heavy atom. The van der Waals surface area contributed by atoms with Crippen LogP contribution >= 0.6 is 11.3 Å².